The summed E-state index contributed by atoms with van der Waals surface area (Å²) in [6, 6.07) is 5.06. The van der Waals surface area contributed by atoms with Crippen LogP contribution in [0.1, 0.15) is 44.6 Å². The first-order valence-electron chi connectivity index (χ1n) is 6.55. The summed E-state index contributed by atoms with van der Waals surface area (Å²) in [5.41, 5.74) is 1.44. The predicted octanol–water partition coefficient (Wildman–Crippen LogP) is 2.96. The Morgan fingerprint density at radius 1 is 1.25 bits per heavy atom. The van der Waals surface area contributed by atoms with E-state index in [-0.39, 0.29) is 0 Å². The monoisotopic (exact) mass is 218 g/mol. The van der Waals surface area contributed by atoms with E-state index in [0.29, 0.717) is 0 Å². The highest BCUT2D eigenvalue weighted by atomic mass is 15.0. The minimum atomic E-state index is 0.752. The molecule has 2 nitrogen and oxygen atoms in total. The van der Waals surface area contributed by atoms with Crippen molar-refractivity contribution in [1.82, 2.24) is 10.3 Å². The van der Waals surface area contributed by atoms with E-state index < -0.39 is 0 Å². The van der Waals surface area contributed by atoms with Gasteiger partial charge in [-0.3, -0.25) is 4.98 Å². The summed E-state index contributed by atoms with van der Waals surface area (Å²) in [7, 11) is 0. The van der Waals surface area contributed by atoms with E-state index in [4.69, 9.17) is 0 Å². The fourth-order valence-corrected chi connectivity index (χ4v) is 2.99. The summed E-state index contributed by atoms with van der Waals surface area (Å²) in [5.74, 6) is 1.67. The van der Waals surface area contributed by atoms with Gasteiger partial charge >= 0.3 is 0 Å². The predicted molar refractivity (Wildman–Crippen MR) is 67.5 cm³/mol. The Labute approximate surface area is 98.5 Å². The molecule has 2 heteroatoms. The summed E-state index contributed by atoms with van der Waals surface area (Å²) in [6.45, 7) is 5.24. The third-order valence-corrected chi connectivity index (χ3v) is 3.66. The Morgan fingerprint density at radius 3 is 2.81 bits per heavy atom. The van der Waals surface area contributed by atoms with Gasteiger partial charge in [0.05, 0.1) is 0 Å². The van der Waals surface area contributed by atoms with Crippen molar-refractivity contribution >= 4 is 0 Å². The van der Waals surface area contributed by atoms with Crippen molar-refractivity contribution in [3.8, 4) is 0 Å². The van der Waals surface area contributed by atoms with Crippen molar-refractivity contribution in [2.75, 3.05) is 6.54 Å². The van der Waals surface area contributed by atoms with E-state index >= 15 is 0 Å². The smallest absolute Gasteiger partial charge is 0.0302 e. The van der Waals surface area contributed by atoms with E-state index in [0.717, 1.165) is 17.9 Å². The van der Waals surface area contributed by atoms with Crippen LogP contribution in [0.5, 0.6) is 0 Å². The molecule has 1 aliphatic carbocycles. The maximum absolute atomic E-state index is 4.21. The maximum Gasteiger partial charge on any atom is 0.0302 e. The second kappa shape index (κ2) is 5.44. The van der Waals surface area contributed by atoms with Crippen molar-refractivity contribution < 1.29 is 0 Å². The Morgan fingerprint density at radius 2 is 2.12 bits per heavy atom. The van der Waals surface area contributed by atoms with E-state index in [1.54, 1.807) is 0 Å². The van der Waals surface area contributed by atoms with Crippen LogP contribution in [0.2, 0.25) is 0 Å². The second-order valence-electron chi connectivity index (χ2n) is 4.66. The van der Waals surface area contributed by atoms with E-state index in [1.165, 1.54) is 31.4 Å². The van der Waals surface area contributed by atoms with Crippen molar-refractivity contribution in [2.24, 2.45) is 5.92 Å². The van der Waals surface area contributed by atoms with Gasteiger partial charge in [-0.1, -0.05) is 19.9 Å². The summed E-state index contributed by atoms with van der Waals surface area (Å²) < 4.78 is 0. The number of nitrogens with zero attached hydrogens (tertiary/aromatic N) is 1. The van der Waals surface area contributed by atoms with Crippen LogP contribution in [0, 0.1) is 5.92 Å². The molecule has 1 aromatic heterocycles. The van der Waals surface area contributed by atoms with Gasteiger partial charge in [0.25, 0.3) is 0 Å². The lowest BCUT2D eigenvalue weighted by atomic mass is 9.79. The number of nitrogens with one attached hydrogen (secondary N) is 1. The van der Waals surface area contributed by atoms with Crippen LogP contribution in [0.15, 0.2) is 24.5 Å². The molecule has 1 aromatic rings. The zero-order valence-electron chi connectivity index (χ0n) is 10.3. The molecule has 3 rings (SSSR count). The Hall–Kier alpha value is -0.890. The second-order valence-corrected chi connectivity index (χ2v) is 4.66. The molecule has 1 saturated carbocycles. The highest BCUT2D eigenvalue weighted by molar-refractivity contribution is 5.17. The lowest BCUT2D eigenvalue weighted by Crippen LogP contribution is -2.24. The molecule has 0 radical (unpaired) electrons. The van der Waals surface area contributed by atoms with E-state index in [9.17, 15) is 0 Å². The maximum atomic E-state index is 4.21. The first-order chi connectivity index (χ1) is 7.92. The highest BCUT2D eigenvalue weighted by Crippen LogP contribution is 2.38. The third kappa shape index (κ3) is 2.43. The summed E-state index contributed by atoms with van der Waals surface area (Å²) >= 11 is 0. The molecule has 3 atom stereocenters. The largest absolute Gasteiger partial charge is 0.314 e. The number of fused-ring (bicyclic) bond motifs is 2. The molecule has 0 aromatic carbocycles. The molecule has 0 spiro atoms. The topological polar surface area (TPSA) is 24.9 Å². The zero-order chi connectivity index (χ0) is 11.4. The third-order valence-electron chi connectivity index (χ3n) is 3.66. The number of aromatic nitrogens is 1. The van der Waals surface area contributed by atoms with Gasteiger partial charge in [0.2, 0.25) is 0 Å². The van der Waals surface area contributed by atoms with Crippen molar-refractivity contribution in [3.05, 3.63) is 30.1 Å². The van der Waals surface area contributed by atoms with Crippen LogP contribution in [0.25, 0.3) is 0 Å². The number of rotatable bonds is 1. The fourth-order valence-electron chi connectivity index (χ4n) is 2.99. The van der Waals surface area contributed by atoms with Gasteiger partial charge in [-0.15, -0.1) is 0 Å². The molecular weight excluding hydrogens is 196 g/mol. The molecule has 1 N–H and O–H groups in total. The molecule has 16 heavy (non-hydrogen) atoms. The summed E-state index contributed by atoms with van der Waals surface area (Å²) in [6.07, 6.45) is 7.96. The molecule has 1 aliphatic heterocycles. The molecular formula is C14H22N2. The fraction of sp³-hybridized carbons (Fsp3) is 0.643. The summed E-state index contributed by atoms with van der Waals surface area (Å²) in [5, 5.41) is 3.60. The number of pyridine rings is 1. The average Bonchev–Trinajstić information content (AvgIpc) is 2.72. The van der Waals surface area contributed by atoms with Gasteiger partial charge < -0.3 is 5.32 Å². The Balaban J connectivity index is 0.000000457. The van der Waals surface area contributed by atoms with Crippen molar-refractivity contribution in [3.63, 3.8) is 0 Å². The molecule has 2 fully saturated rings. The van der Waals surface area contributed by atoms with Crippen LogP contribution in [-0.2, 0) is 0 Å². The Kier molecular flexibility index (Phi) is 3.94. The van der Waals surface area contributed by atoms with Gasteiger partial charge in [-0.05, 0) is 49.3 Å². The lowest BCUT2D eigenvalue weighted by Gasteiger charge is -2.26. The van der Waals surface area contributed by atoms with Crippen LogP contribution < -0.4 is 5.32 Å². The minimum Gasteiger partial charge on any atom is -0.314 e. The summed E-state index contributed by atoms with van der Waals surface area (Å²) in [4.78, 5) is 4.21. The standard InChI is InChI=1S/C12H16N2.C2H6/c1-2-10(8-13-3-1)11-4-9-5-12(6-11)14-7-9;1-2/h1-3,8-9,11-12,14H,4-7H2;1-2H3. The van der Waals surface area contributed by atoms with Gasteiger partial charge in [-0.25, -0.2) is 0 Å². The van der Waals surface area contributed by atoms with Gasteiger partial charge in [-0.2, -0.15) is 0 Å². The zero-order valence-corrected chi connectivity index (χ0v) is 10.3. The van der Waals surface area contributed by atoms with E-state index in [2.05, 4.69) is 22.4 Å². The quantitative estimate of drug-likeness (QED) is 0.784. The first-order valence-corrected chi connectivity index (χ1v) is 6.55. The first kappa shape index (κ1) is 11.6. The van der Waals surface area contributed by atoms with Crippen LogP contribution >= 0.6 is 0 Å². The number of hydrogen-bond donors (Lipinski definition) is 1. The molecule has 2 bridgehead atoms. The minimum absolute atomic E-state index is 0.752. The van der Waals surface area contributed by atoms with Crippen LogP contribution in [0.4, 0.5) is 0 Å². The molecule has 2 heterocycles. The number of hydrogen-bond acceptors (Lipinski definition) is 2. The Bertz CT molecular complexity index is 298. The normalized spacial score (nSPS) is 31.8. The van der Waals surface area contributed by atoms with Crippen LogP contribution in [0.3, 0.4) is 0 Å². The van der Waals surface area contributed by atoms with E-state index in [1.807, 2.05) is 26.2 Å². The highest BCUT2D eigenvalue weighted by Gasteiger charge is 2.34. The van der Waals surface area contributed by atoms with Crippen molar-refractivity contribution in [1.29, 1.82) is 0 Å². The molecule has 2 aliphatic rings. The van der Waals surface area contributed by atoms with Crippen LogP contribution in [-0.4, -0.2) is 17.6 Å². The van der Waals surface area contributed by atoms with Crippen molar-refractivity contribution in [2.45, 2.75) is 45.1 Å². The van der Waals surface area contributed by atoms with Gasteiger partial charge in [0.15, 0.2) is 0 Å². The van der Waals surface area contributed by atoms with Gasteiger partial charge in [0.1, 0.15) is 0 Å². The molecule has 0 amide bonds. The SMILES string of the molecule is CC.c1cncc(C2CC3CNC(C3)C2)c1. The molecule has 1 saturated heterocycles. The molecule has 3 unspecified atom stereocenters. The van der Waals surface area contributed by atoms with Gasteiger partial charge in [0, 0.05) is 18.4 Å². The molecule has 88 valence electrons. The lowest BCUT2D eigenvalue weighted by molar-refractivity contribution is 0.364. The average molecular weight is 218 g/mol.